The zero-order chi connectivity index (χ0) is 18.4. The number of aryl methyl sites for hydroxylation is 1. The van der Waals surface area contributed by atoms with Crippen molar-refractivity contribution in [3.8, 4) is 11.5 Å². The van der Waals surface area contributed by atoms with E-state index in [-0.39, 0.29) is 11.5 Å². The molecule has 0 unspecified atom stereocenters. The van der Waals surface area contributed by atoms with Gasteiger partial charge in [-0.25, -0.2) is 0 Å². The predicted octanol–water partition coefficient (Wildman–Crippen LogP) is 4.46. The number of carbonyl (C=O) groups is 1. The van der Waals surface area contributed by atoms with Crippen LogP contribution >= 0.6 is 0 Å². The molecule has 0 spiro atoms. The summed E-state index contributed by atoms with van der Waals surface area (Å²) >= 11 is 0. The highest BCUT2D eigenvalue weighted by Gasteiger charge is 2.15. The zero-order valence-corrected chi connectivity index (χ0v) is 15.2. The third kappa shape index (κ3) is 4.02. The zero-order valence-electron chi connectivity index (χ0n) is 15.2. The molecule has 2 aromatic rings. The highest BCUT2D eigenvalue weighted by atomic mass is 16.5. The van der Waals surface area contributed by atoms with E-state index in [9.17, 15) is 9.90 Å². The molecule has 0 aliphatic rings. The number of allylic oxidation sites excluding steroid dienone is 1. The minimum atomic E-state index is -0.0751. The van der Waals surface area contributed by atoms with Gasteiger partial charge >= 0.3 is 0 Å². The lowest BCUT2D eigenvalue weighted by molar-refractivity contribution is 0.104. The maximum Gasteiger partial charge on any atom is 0.185 e. The Morgan fingerprint density at radius 2 is 1.88 bits per heavy atom. The third-order valence-corrected chi connectivity index (χ3v) is 4.27. The van der Waals surface area contributed by atoms with Crippen molar-refractivity contribution in [2.45, 2.75) is 26.7 Å². The number of hydrogen-bond acceptors (Lipinski definition) is 4. The molecule has 0 atom stereocenters. The second-order valence-electron chi connectivity index (χ2n) is 5.72. The van der Waals surface area contributed by atoms with E-state index in [0.717, 1.165) is 22.4 Å². The summed E-state index contributed by atoms with van der Waals surface area (Å²) in [4.78, 5) is 12.4. The molecule has 0 heterocycles. The number of ether oxygens (including phenoxy) is 1. The maximum atomic E-state index is 12.4. The first-order valence-corrected chi connectivity index (χ1v) is 8.47. The van der Waals surface area contributed by atoms with Crippen molar-refractivity contribution in [2.24, 2.45) is 0 Å². The molecule has 0 saturated carbocycles. The summed E-state index contributed by atoms with van der Waals surface area (Å²) in [5.41, 5.74) is 4.00. The van der Waals surface area contributed by atoms with Crippen LogP contribution in [0.25, 0.3) is 6.08 Å². The monoisotopic (exact) mass is 339 g/mol. The van der Waals surface area contributed by atoms with Gasteiger partial charge in [0.05, 0.1) is 7.11 Å². The standard InChI is InChI=1S/C21H25NO3/c1-5-14-13-16(21(25-4)18(6-2)20(14)24)9-12-19(23)15-7-10-17(22-3)11-8-15/h7-13,22,24H,5-6H2,1-4H3/b12-9+. The summed E-state index contributed by atoms with van der Waals surface area (Å²) in [6.45, 7) is 3.96. The van der Waals surface area contributed by atoms with E-state index >= 15 is 0 Å². The van der Waals surface area contributed by atoms with Crippen molar-refractivity contribution in [1.82, 2.24) is 0 Å². The van der Waals surface area contributed by atoms with Crippen LogP contribution in [-0.4, -0.2) is 25.0 Å². The van der Waals surface area contributed by atoms with Crippen molar-refractivity contribution >= 4 is 17.5 Å². The number of aromatic hydroxyl groups is 1. The van der Waals surface area contributed by atoms with E-state index in [0.29, 0.717) is 24.2 Å². The molecular formula is C21H25NO3. The Kier molecular flexibility index (Phi) is 6.23. The maximum absolute atomic E-state index is 12.4. The number of phenols is 1. The topological polar surface area (TPSA) is 58.6 Å². The van der Waals surface area contributed by atoms with Gasteiger partial charge in [-0.2, -0.15) is 0 Å². The SMILES string of the molecule is CCc1cc(/C=C/C(=O)c2ccc(NC)cc2)c(OC)c(CC)c1O. The van der Waals surface area contributed by atoms with Crippen molar-refractivity contribution in [3.63, 3.8) is 0 Å². The molecule has 25 heavy (non-hydrogen) atoms. The Bertz CT molecular complexity index is 777. The fourth-order valence-corrected chi connectivity index (χ4v) is 2.82. The highest BCUT2D eigenvalue weighted by molar-refractivity contribution is 6.07. The molecule has 0 amide bonds. The molecule has 0 aliphatic carbocycles. The Morgan fingerprint density at radius 1 is 1.20 bits per heavy atom. The summed E-state index contributed by atoms with van der Waals surface area (Å²) in [5.74, 6) is 0.827. The van der Waals surface area contributed by atoms with Crippen molar-refractivity contribution in [1.29, 1.82) is 0 Å². The minimum Gasteiger partial charge on any atom is -0.507 e. The van der Waals surface area contributed by atoms with Crippen molar-refractivity contribution < 1.29 is 14.6 Å². The molecule has 0 radical (unpaired) electrons. The third-order valence-electron chi connectivity index (χ3n) is 4.27. The van der Waals surface area contributed by atoms with Crippen LogP contribution in [-0.2, 0) is 12.8 Å². The predicted molar refractivity (Wildman–Crippen MR) is 103 cm³/mol. The van der Waals surface area contributed by atoms with Gasteiger partial charge in [0.25, 0.3) is 0 Å². The van der Waals surface area contributed by atoms with Gasteiger partial charge in [0.15, 0.2) is 5.78 Å². The van der Waals surface area contributed by atoms with E-state index in [1.807, 2.05) is 39.1 Å². The van der Waals surface area contributed by atoms with Gasteiger partial charge in [0, 0.05) is 29.4 Å². The summed E-state index contributed by atoms with van der Waals surface area (Å²) < 4.78 is 5.49. The quantitative estimate of drug-likeness (QED) is 0.577. The molecule has 2 N–H and O–H groups in total. The van der Waals surface area contributed by atoms with E-state index in [2.05, 4.69) is 5.32 Å². The summed E-state index contributed by atoms with van der Waals surface area (Å²) in [5, 5.41) is 13.4. The first kappa shape index (κ1) is 18.6. The number of hydrogen-bond donors (Lipinski definition) is 2. The molecule has 0 fully saturated rings. The fraction of sp³-hybridized carbons (Fsp3) is 0.286. The minimum absolute atomic E-state index is 0.0751. The van der Waals surface area contributed by atoms with Crippen molar-refractivity contribution in [3.05, 3.63) is 58.7 Å². The lowest BCUT2D eigenvalue weighted by atomic mass is 9.98. The van der Waals surface area contributed by atoms with Gasteiger partial charge in [-0.05, 0) is 60.9 Å². The molecule has 2 rings (SSSR count). The van der Waals surface area contributed by atoms with Gasteiger partial charge in [-0.15, -0.1) is 0 Å². The largest absolute Gasteiger partial charge is 0.507 e. The number of rotatable bonds is 7. The molecule has 2 aromatic carbocycles. The van der Waals surface area contributed by atoms with Crippen LogP contribution < -0.4 is 10.1 Å². The molecule has 0 saturated heterocycles. The van der Waals surface area contributed by atoms with Gasteiger partial charge in [0.1, 0.15) is 11.5 Å². The van der Waals surface area contributed by atoms with Gasteiger partial charge in [-0.1, -0.05) is 13.8 Å². The fourth-order valence-electron chi connectivity index (χ4n) is 2.82. The van der Waals surface area contributed by atoms with Crippen LogP contribution in [0.5, 0.6) is 11.5 Å². The van der Waals surface area contributed by atoms with Gasteiger partial charge in [0.2, 0.25) is 0 Å². The van der Waals surface area contributed by atoms with Crippen LogP contribution in [0.15, 0.2) is 36.4 Å². The summed E-state index contributed by atoms with van der Waals surface area (Å²) in [7, 11) is 3.42. The number of methoxy groups -OCH3 is 1. The number of nitrogens with one attached hydrogen (secondary N) is 1. The van der Waals surface area contributed by atoms with E-state index in [1.54, 1.807) is 31.4 Å². The second kappa shape index (κ2) is 8.38. The van der Waals surface area contributed by atoms with Crippen LogP contribution in [0.2, 0.25) is 0 Å². The summed E-state index contributed by atoms with van der Waals surface area (Å²) in [6, 6.07) is 9.20. The number of anilines is 1. The van der Waals surface area contributed by atoms with Gasteiger partial charge < -0.3 is 15.2 Å². The van der Waals surface area contributed by atoms with Crippen LogP contribution in [0.3, 0.4) is 0 Å². The smallest absolute Gasteiger partial charge is 0.185 e. The average Bonchev–Trinajstić information content (AvgIpc) is 2.66. The normalized spacial score (nSPS) is 10.9. The lowest BCUT2D eigenvalue weighted by Gasteiger charge is -2.15. The van der Waals surface area contributed by atoms with E-state index in [4.69, 9.17) is 4.74 Å². The first-order chi connectivity index (χ1) is 12.0. The number of benzene rings is 2. The van der Waals surface area contributed by atoms with Crippen LogP contribution in [0.1, 0.15) is 40.9 Å². The molecule has 4 nitrogen and oxygen atoms in total. The summed E-state index contributed by atoms with van der Waals surface area (Å²) in [6.07, 6.45) is 4.67. The van der Waals surface area contributed by atoms with Crippen LogP contribution in [0.4, 0.5) is 5.69 Å². The number of carbonyl (C=O) groups excluding carboxylic acids is 1. The molecular weight excluding hydrogens is 314 g/mol. The average molecular weight is 339 g/mol. The molecule has 4 heteroatoms. The Hall–Kier alpha value is -2.75. The number of phenolic OH excluding ortho intramolecular Hbond substituents is 1. The Balaban J connectivity index is 2.37. The highest BCUT2D eigenvalue weighted by Crippen LogP contribution is 2.36. The lowest BCUT2D eigenvalue weighted by Crippen LogP contribution is -1.99. The number of ketones is 1. The molecule has 132 valence electrons. The van der Waals surface area contributed by atoms with Crippen LogP contribution in [0, 0.1) is 0 Å². The molecule has 0 aromatic heterocycles. The van der Waals surface area contributed by atoms with E-state index < -0.39 is 0 Å². The first-order valence-electron chi connectivity index (χ1n) is 8.47. The van der Waals surface area contributed by atoms with Gasteiger partial charge in [-0.3, -0.25) is 4.79 Å². The van der Waals surface area contributed by atoms with Crippen molar-refractivity contribution in [2.75, 3.05) is 19.5 Å². The molecule has 0 bridgehead atoms. The van der Waals surface area contributed by atoms with E-state index in [1.165, 1.54) is 0 Å². The molecule has 0 aliphatic heterocycles. The second-order valence-corrected chi connectivity index (χ2v) is 5.72. The Labute approximate surface area is 149 Å². The Morgan fingerprint density at radius 3 is 2.40 bits per heavy atom.